The summed E-state index contributed by atoms with van der Waals surface area (Å²) in [6, 6.07) is 6.53. The summed E-state index contributed by atoms with van der Waals surface area (Å²) in [5.41, 5.74) is 4.39. The van der Waals surface area contributed by atoms with E-state index in [1.165, 1.54) is 6.08 Å². The third-order valence-corrected chi connectivity index (χ3v) is 12.5. The number of nitrogens with one attached hydrogen (secondary N) is 1. The Labute approximate surface area is 311 Å². The van der Waals surface area contributed by atoms with E-state index in [0.717, 1.165) is 79.2 Å². The van der Waals surface area contributed by atoms with E-state index in [9.17, 15) is 18.0 Å². The zero-order valence-electron chi connectivity index (χ0n) is 30.8. The van der Waals surface area contributed by atoms with E-state index < -0.39 is 12.8 Å². The molecule has 4 aromatic rings. The van der Waals surface area contributed by atoms with Crippen molar-refractivity contribution in [3.05, 3.63) is 48.2 Å². The van der Waals surface area contributed by atoms with Gasteiger partial charge < -0.3 is 24.0 Å². The number of ether oxygens (including phenoxy) is 3. The Bertz CT molecular complexity index is 2100. The molecule has 5 heterocycles. The molecule has 3 saturated heterocycles. The van der Waals surface area contributed by atoms with Gasteiger partial charge in [-0.15, -0.1) is 0 Å². The number of fused-ring (bicyclic) bond motifs is 4. The monoisotopic (exact) mass is 745 g/mol. The summed E-state index contributed by atoms with van der Waals surface area (Å²) in [7, 11) is 1.71. The van der Waals surface area contributed by atoms with Gasteiger partial charge in [0.05, 0.1) is 18.3 Å². The number of benzene rings is 2. The number of aromatic amines is 1. The van der Waals surface area contributed by atoms with E-state index in [-0.39, 0.29) is 35.1 Å². The van der Waals surface area contributed by atoms with Crippen LogP contribution in [0, 0.1) is 18.3 Å². The molecule has 0 radical (unpaired) electrons. The first-order valence-electron chi connectivity index (χ1n) is 19.1. The third-order valence-electron chi connectivity index (χ3n) is 12.5. The number of amides is 1. The van der Waals surface area contributed by atoms with Crippen molar-refractivity contribution in [3.63, 3.8) is 0 Å². The van der Waals surface area contributed by atoms with Crippen LogP contribution in [-0.2, 0) is 9.53 Å². The molecule has 54 heavy (non-hydrogen) atoms. The molecular weight excluding hydrogens is 699 g/mol. The van der Waals surface area contributed by atoms with E-state index in [2.05, 4.69) is 32.6 Å². The number of nitrogens with zero attached hydrogens (tertiary/aromatic N) is 6. The molecule has 286 valence electrons. The summed E-state index contributed by atoms with van der Waals surface area (Å²) in [5.74, 6) is 1.15. The molecule has 11 nitrogen and oxygen atoms in total. The Morgan fingerprint density at radius 1 is 1.11 bits per heavy atom. The number of aromatic nitrogens is 4. The zero-order valence-corrected chi connectivity index (χ0v) is 30.8. The van der Waals surface area contributed by atoms with Gasteiger partial charge in [-0.2, -0.15) is 28.2 Å². The minimum absolute atomic E-state index is 0.0310. The first kappa shape index (κ1) is 35.3. The van der Waals surface area contributed by atoms with Crippen LogP contribution in [0.2, 0.25) is 0 Å². The number of piperidine rings is 2. The summed E-state index contributed by atoms with van der Waals surface area (Å²) in [6.07, 6.45) is 3.79. The van der Waals surface area contributed by atoms with E-state index in [1.807, 2.05) is 24.0 Å². The number of aryl methyl sites for hydroxylation is 1. The Morgan fingerprint density at radius 3 is 2.59 bits per heavy atom. The van der Waals surface area contributed by atoms with Crippen molar-refractivity contribution in [1.82, 2.24) is 30.0 Å². The van der Waals surface area contributed by atoms with E-state index in [4.69, 9.17) is 24.2 Å². The van der Waals surface area contributed by atoms with Gasteiger partial charge in [0.1, 0.15) is 17.4 Å². The smallest absolute Gasteiger partial charge is 0.422 e. The van der Waals surface area contributed by atoms with Gasteiger partial charge in [0.2, 0.25) is 5.91 Å². The normalized spacial score (nSPS) is 23.8. The van der Waals surface area contributed by atoms with Gasteiger partial charge in [-0.3, -0.25) is 14.8 Å². The molecule has 2 bridgehead atoms. The van der Waals surface area contributed by atoms with Gasteiger partial charge >= 0.3 is 12.2 Å². The highest BCUT2D eigenvalue weighted by Gasteiger charge is 2.48. The first-order valence-corrected chi connectivity index (χ1v) is 19.1. The van der Waals surface area contributed by atoms with E-state index in [1.54, 1.807) is 13.3 Å². The molecule has 2 aromatic carbocycles. The SMILES string of the molecule is C=CC(=O)N1CC2(CCN(c3nc(OC4CC5CC4CN5CCOC)nc4c(OCC(F)(F)F)c(-c5c(C)ccc6[nH]ncc56)c(C5CC5)cc34)CC2)C1. The van der Waals surface area contributed by atoms with Crippen molar-refractivity contribution in [3.8, 4) is 22.9 Å². The van der Waals surface area contributed by atoms with Crippen LogP contribution in [-0.4, -0.2) is 114 Å². The lowest BCUT2D eigenvalue weighted by Crippen LogP contribution is -2.61. The van der Waals surface area contributed by atoms with E-state index >= 15 is 0 Å². The fourth-order valence-electron chi connectivity index (χ4n) is 9.56. The quantitative estimate of drug-likeness (QED) is 0.175. The molecule has 1 spiro atoms. The Hall–Kier alpha value is -4.43. The van der Waals surface area contributed by atoms with Gasteiger partial charge in [-0.05, 0) is 79.8 Å². The maximum Gasteiger partial charge on any atom is 0.422 e. The molecule has 1 N–H and O–H groups in total. The van der Waals surface area contributed by atoms with Crippen molar-refractivity contribution in [1.29, 1.82) is 0 Å². The number of rotatable bonds is 11. The number of carbonyl (C=O) groups excluding carboxylic acids is 1. The number of anilines is 1. The lowest BCUT2D eigenvalue weighted by molar-refractivity contribution is -0.153. The second kappa shape index (κ2) is 13.4. The van der Waals surface area contributed by atoms with Gasteiger partial charge in [0.15, 0.2) is 12.4 Å². The lowest BCUT2D eigenvalue weighted by atomic mass is 9.72. The van der Waals surface area contributed by atoms with E-state index in [0.29, 0.717) is 67.0 Å². The summed E-state index contributed by atoms with van der Waals surface area (Å²) in [6.45, 7) is 9.31. The number of hydrogen-bond donors (Lipinski definition) is 1. The van der Waals surface area contributed by atoms with Crippen LogP contribution >= 0.6 is 0 Å². The molecule has 3 unspecified atom stereocenters. The second-order valence-electron chi connectivity index (χ2n) is 16.1. The van der Waals surface area contributed by atoms with Crippen molar-refractivity contribution < 1.29 is 32.2 Å². The standard InChI is InChI=1S/C40H46F3N7O4/c1-4-32(51)50-20-39(21-50)9-11-48(12-10-39)37-28-17-27(24-6-7-24)34(33-23(2)5-8-30-29(33)18-44-47-30)36(53-22-40(41,42)43)35(28)45-38(46-37)54-31-16-26-15-25(31)19-49(26)13-14-52-3/h4-5,8,17-18,24-26,31H,1,6-7,9-16,19-22H2,2-3H3,(H,44,47). The maximum atomic E-state index is 14.1. The number of likely N-dealkylation sites (tertiary alicyclic amines) is 2. The fraction of sp³-hybridized carbons (Fsp3) is 0.550. The number of halogens is 3. The Morgan fingerprint density at radius 2 is 1.91 bits per heavy atom. The second-order valence-corrected chi connectivity index (χ2v) is 16.1. The van der Waals surface area contributed by atoms with Crippen molar-refractivity contribution in [2.75, 3.05) is 64.5 Å². The predicted octanol–water partition coefficient (Wildman–Crippen LogP) is 6.40. The average molecular weight is 746 g/mol. The first-order chi connectivity index (χ1) is 26.0. The molecule has 14 heteroatoms. The van der Waals surface area contributed by atoms with Crippen LogP contribution in [0.5, 0.6) is 11.8 Å². The molecule has 5 aliphatic rings. The van der Waals surface area contributed by atoms with Crippen LogP contribution in [0.1, 0.15) is 55.6 Å². The van der Waals surface area contributed by atoms with Crippen molar-refractivity contribution in [2.45, 2.75) is 69.7 Å². The van der Waals surface area contributed by atoms with Gasteiger partial charge in [0.25, 0.3) is 0 Å². The highest BCUT2D eigenvalue weighted by molar-refractivity contribution is 6.06. The number of carbonyl (C=O) groups is 1. The van der Waals surface area contributed by atoms with Crippen LogP contribution in [0.4, 0.5) is 19.0 Å². The largest absolute Gasteiger partial charge is 0.481 e. The van der Waals surface area contributed by atoms with Gasteiger partial charge in [0, 0.05) is 86.5 Å². The van der Waals surface area contributed by atoms with Crippen molar-refractivity contribution >= 4 is 33.5 Å². The lowest BCUT2D eigenvalue weighted by Gasteiger charge is -2.54. The van der Waals surface area contributed by atoms with Crippen LogP contribution in [0.25, 0.3) is 32.9 Å². The summed E-state index contributed by atoms with van der Waals surface area (Å²) in [5, 5.41) is 8.79. The molecule has 3 atom stereocenters. The summed E-state index contributed by atoms with van der Waals surface area (Å²) >= 11 is 0. The zero-order chi connectivity index (χ0) is 37.4. The molecule has 2 aromatic heterocycles. The molecule has 3 aliphatic heterocycles. The average Bonchev–Trinajstić information content (AvgIpc) is 3.55. The highest BCUT2D eigenvalue weighted by atomic mass is 19.4. The van der Waals surface area contributed by atoms with Crippen LogP contribution in [0.3, 0.4) is 0 Å². The molecule has 5 fully saturated rings. The van der Waals surface area contributed by atoms with Crippen LogP contribution < -0.4 is 14.4 Å². The Balaban J connectivity index is 1.17. The molecule has 1 amide bonds. The minimum atomic E-state index is -4.58. The summed E-state index contributed by atoms with van der Waals surface area (Å²) in [4.78, 5) is 28.9. The fourth-order valence-corrected chi connectivity index (χ4v) is 9.56. The third kappa shape index (κ3) is 6.34. The van der Waals surface area contributed by atoms with Gasteiger partial charge in [-0.1, -0.05) is 12.6 Å². The Kier molecular flexibility index (Phi) is 8.75. The predicted molar refractivity (Wildman–Crippen MR) is 198 cm³/mol. The molecule has 2 saturated carbocycles. The molecular formula is C40H46F3N7O4. The van der Waals surface area contributed by atoms with Crippen molar-refractivity contribution in [2.24, 2.45) is 11.3 Å². The minimum Gasteiger partial charge on any atom is -0.481 e. The molecule has 2 aliphatic carbocycles. The highest BCUT2D eigenvalue weighted by Crippen LogP contribution is 2.53. The molecule has 9 rings (SSSR count). The topological polar surface area (TPSA) is 109 Å². The number of H-pyrrole nitrogens is 1. The number of hydrogen-bond acceptors (Lipinski definition) is 9. The maximum absolute atomic E-state index is 14.1. The number of methoxy groups -OCH3 is 1. The van der Waals surface area contributed by atoms with Crippen LogP contribution in [0.15, 0.2) is 37.1 Å². The van der Waals surface area contributed by atoms with Gasteiger partial charge in [-0.25, -0.2) is 0 Å². The summed E-state index contributed by atoms with van der Waals surface area (Å²) < 4.78 is 60.3. The number of alkyl halides is 3.